The molecule has 4 unspecified atom stereocenters. The van der Waals surface area contributed by atoms with Crippen LogP contribution >= 0.6 is 33.4 Å². The lowest BCUT2D eigenvalue weighted by molar-refractivity contribution is -0.145. The van der Waals surface area contributed by atoms with Crippen molar-refractivity contribution in [2.24, 2.45) is 22.7 Å². The number of nitrogens with one attached hydrogen (secondary N) is 2. The van der Waals surface area contributed by atoms with Gasteiger partial charge in [0.05, 0.1) is 8.92 Å². The molecule has 1 aromatic carbocycles. The van der Waals surface area contributed by atoms with E-state index in [2.05, 4.69) is 60.2 Å². The van der Waals surface area contributed by atoms with E-state index in [1.165, 1.54) is 11.0 Å². The maximum Gasteiger partial charge on any atom is 0.405 e. The summed E-state index contributed by atoms with van der Waals surface area (Å²) in [6.07, 6.45) is 11.8. The van der Waals surface area contributed by atoms with Gasteiger partial charge >= 0.3 is 6.18 Å². The fourth-order valence-electron chi connectivity index (χ4n) is 8.51. The number of Topliss-reactive ketones (excluding diaryl/α,β-unsaturated/α-hetero) is 1. The summed E-state index contributed by atoms with van der Waals surface area (Å²) in [5, 5.41) is 6.95. The van der Waals surface area contributed by atoms with Crippen molar-refractivity contribution in [3.63, 3.8) is 0 Å². The number of allylic oxidation sites excluding steroid dienone is 6. The molecule has 0 aromatic heterocycles. The Morgan fingerprint density at radius 1 is 1.10 bits per heavy atom. The van der Waals surface area contributed by atoms with Crippen LogP contribution in [0.15, 0.2) is 77.3 Å². The number of alkyl halides is 3. The van der Waals surface area contributed by atoms with Crippen LogP contribution in [-0.4, -0.2) is 62.4 Å². The van der Waals surface area contributed by atoms with Crippen LogP contribution in [0.4, 0.5) is 18.0 Å². The van der Waals surface area contributed by atoms with Gasteiger partial charge in [-0.05, 0) is 101 Å². The SMILES string of the molecule is CC1C=CC2C(C)(C1)C1=C(C=CCC1)C2(CCCCN1CCC(NC(=O)I=C(/C=C\S)C(=O)c2ccccc2)CC1)C(=O)NCC(F)(F)F. The van der Waals surface area contributed by atoms with Crippen molar-refractivity contribution < 1.29 is 27.6 Å². The molecule has 0 spiro atoms. The molecule has 6 nitrogen and oxygen atoms in total. The zero-order chi connectivity index (χ0) is 35.2. The first-order valence-corrected chi connectivity index (χ1v) is 19.9. The molecule has 3 aliphatic carbocycles. The Hall–Kier alpha value is -2.51. The monoisotopic (exact) mass is 809 g/mol. The van der Waals surface area contributed by atoms with Crippen LogP contribution < -0.4 is 10.6 Å². The van der Waals surface area contributed by atoms with Gasteiger partial charge in [-0.25, -0.2) is 0 Å². The predicted molar refractivity (Wildman–Crippen MR) is 201 cm³/mol. The van der Waals surface area contributed by atoms with Gasteiger partial charge in [-0.1, -0.05) is 80.5 Å². The normalized spacial score (nSPS) is 27.8. The number of nitrogens with zero attached hydrogens (tertiary/aromatic N) is 1. The predicted octanol–water partition coefficient (Wildman–Crippen LogP) is 8.34. The van der Waals surface area contributed by atoms with E-state index in [9.17, 15) is 27.6 Å². The molecule has 4 aliphatic rings. The van der Waals surface area contributed by atoms with Gasteiger partial charge in [0.1, 0.15) is 6.54 Å². The van der Waals surface area contributed by atoms with Crippen molar-refractivity contribution in [2.75, 3.05) is 26.2 Å². The molecule has 1 saturated heterocycles. The van der Waals surface area contributed by atoms with E-state index in [0.29, 0.717) is 27.8 Å². The molecule has 0 saturated carbocycles. The Morgan fingerprint density at radius 2 is 1.84 bits per heavy atom. The number of likely N-dealkylation sites (tertiary alicyclic amines) is 1. The number of halogens is 4. The van der Waals surface area contributed by atoms with E-state index in [4.69, 9.17) is 0 Å². The minimum atomic E-state index is -4.48. The fraction of sp³-hybridized carbons (Fsp3) is 0.526. The molecule has 2 amide bonds. The van der Waals surface area contributed by atoms with Crippen molar-refractivity contribution in [2.45, 2.75) is 77.4 Å². The highest BCUT2D eigenvalue weighted by Crippen LogP contribution is 2.66. The minimum Gasteiger partial charge on any atom is -0.346 e. The van der Waals surface area contributed by atoms with Crippen LogP contribution in [0.1, 0.15) is 75.6 Å². The van der Waals surface area contributed by atoms with E-state index >= 15 is 0 Å². The van der Waals surface area contributed by atoms with Crippen molar-refractivity contribution in [1.29, 1.82) is 0 Å². The molecule has 5 rings (SSSR count). The van der Waals surface area contributed by atoms with Gasteiger partial charge in [0, 0.05) is 30.6 Å². The summed E-state index contributed by atoms with van der Waals surface area (Å²) < 4.78 is 40.3. The van der Waals surface area contributed by atoms with E-state index in [1.807, 2.05) is 12.1 Å². The van der Waals surface area contributed by atoms with E-state index in [-0.39, 0.29) is 27.1 Å². The Morgan fingerprint density at radius 3 is 2.53 bits per heavy atom. The molecule has 4 atom stereocenters. The molecule has 1 heterocycles. The lowest BCUT2D eigenvalue weighted by Crippen LogP contribution is -2.50. The van der Waals surface area contributed by atoms with Crippen molar-refractivity contribution in [3.05, 3.63) is 82.8 Å². The number of carbonyl (C=O) groups excluding carboxylic acids is 3. The Kier molecular flexibility index (Phi) is 12.5. The van der Waals surface area contributed by atoms with Gasteiger partial charge in [0.2, 0.25) is 5.91 Å². The number of thiol groups is 1. The standard InChI is InChI=1S/C38H47F3IN3O3S/c1-26-14-15-32-36(2,24-26)29-12-6-7-13-30(29)37(32,34(47)43-25-38(39,40)41)19-8-9-20-45-21-16-28(17-22-45)44-35(48)42-31(18-23-49)33(46)27-10-4-3-5-11-27/h3-5,7,10-11,13-15,18,23,26,28,32,49H,6,8-9,12,16-17,19-22,24-25H2,1-2H3,(H,43,47)(H,44,48)/b23-18-. The summed E-state index contributed by atoms with van der Waals surface area (Å²) in [6, 6.07) is 8.97. The summed E-state index contributed by atoms with van der Waals surface area (Å²) in [7, 11) is 0. The number of hydrogen-bond acceptors (Lipinski definition) is 5. The van der Waals surface area contributed by atoms with E-state index in [1.54, 1.807) is 30.3 Å². The zero-order valence-electron chi connectivity index (χ0n) is 28.2. The number of benzene rings is 1. The van der Waals surface area contributed by atoms with E-state index in [0.717, 1.165) is 63.7 Å². The number of ketones is 1. The average molecular weight is 810 g/mol. The van der Waals surface area contributed by atoms with E-state index < -0.39 is 44.8 Å². The number of unbranched alkanes of at least 4 members (excludes halogenated alkanes) is 1. The Bertz CT molecular complexity index is 1550. The zero-order valence-corrected chi connectivity index (χ0v) is 31.3. The number of amides is 2. The van der Waals surface area contributed by atoms with Gasteiger partial charge in [-0.2, -0.15) is 25.8 Å². The highest BCUT2D eigenvalue weighted by molar-refractivity contribution is 14.2. The van der Waals surface area contributed by atoms with Crippen LogP contribution in [0.25, 0.3) is 0 Å². The summed E-state index contributed by atoms with van der Waals surface area (Å²) in [6.45, 7) is 5.51. The van der Waals surface area contributed by atoms with Gasteiger partial charge in [-0.15, -0.1) is 0 Å². The first-order chi connectivity index (χ1) is 23.4. The molecule has 266 valence electrons. The van der Waals surface area contributed by atoms with Crippen LogP contribution in [0.5, 0.6) is 0 Å². The first kappa shape index (κ1) is 37.7. The van der Waals surface area contributed by atoms with Gasteiger partial charge < -0.3 is 15.5 Å². The minimum absolute atomic E-state index is 0.0391. The lowest BCUT2D eigenvalue weighted by Gasteiger charge is -2.45. The summed E-state index contributed by atoms with van der Waals surface area (Å²) in [5.74, 6) is -0.492. The average Bonchev–Trinajstić information content (AvgIpc) is 3.30. The second-order valence-electron chi connectivity index (χ2n) is 14.0. The van der Waals surface area contributed by atoms with Crippen LogP contribution in [-0.2, 0) is 4.79 Å². The Balaban J connectivity index is 1.19. The summed E-state index contributed by atoms with van der Waals surface area (Å²) in [5.41, 5.74) is 1.47. The third-order valence-corrected chi connectivity index (χ3v) is 13.0. The van der Waals surface area contributed by atoms with Crippen LogP contribution in [0.2, 0.25) is 0 Å². The summed E-state index contributed by atoms with van der Waals surface area (Å²) >= 11 is 2.92. The number of carbonyl (C=O) groups is 3. The maximum absolute atomic E-state index is 14.0. The number of fused-ring (bicyclic) bond motifs is 2. The highest BCUT2D eigenvalue weighted by atomic mass is 127. The molecule has 2 N–H and O–H groups in total. The van der Waals surface area contributed by atoms with Gasteiger partial charge in [0.25, 0.3) is 3.91 Å². The molecule has 49 heavy (non-hydrogen) atoms. The molecule has 1 fully saturated rings. The molecule has 0 radical (unpaired) electrons. The third kappa shape index (κ3) is 8.69. The quantitative estimate of drug-likeness (QED) is 0.0378. The first-order valence-electron chi connectivity index (χ1n) is 17.3. The molecule has 11 heteroatoms. The van der Waals surface area contributed by atoms with Crippen molar-refractivity contribution >= 4 is 52.5 Å². The molecule has 0 bridgehead atoms. The second-order valence-corrected chi connectivity index (χ2v) is 17.0. The number of rotatable bonds is 12. The highest BCUT2D eigenvalue weighted by Gasteiger charge is 2.61. The number of hydrogen-bond donors (Lipinski definition) is 3. The summed E-state index contributed by atoms with van der Waals surface area (Å²) in [4.78, 5) is 42.3. The molecular weight excluding hydrogens is 762 g/mol. The largest absolute Gasteiger partial charge is 0.405 e. The third-order valence-electron chi connectivity index (χ3n) is 10.7. The van der Waals surface area contributed by atoms with Gasteiger partial charge in [0.15, 0.2) is 5.78 Å². The van der Waals surface area contributed by atoms with Crippen LogP contribution in [0, 0.1) is 22.7 Å². The van der Waals surface area contributed by atoms with Gasteiger partial charge in [-0.3, -0.25) is 14.4 Å². The Labute approximate surface area is 303 Å². The lowest BCUT2D eigenvalue weighted by atomic mass is 9.58. The van der Waals surface area contributed by atoms with Crippen molar-refractivity contribution in [3.8, 4) is 0 Å². The van der Waals surface area contributed by atoms with Crippen LogP contribution in [0.3, 0.4) is 0 Å². The molecular formula is C38H47F3IN3O3S. The molecule has 1 aromatic rings. The number of piperidine rings is 1. The smallest absolute Gasteiger partial charge is 0.346 e. The molecule has 1 aliphatic heterocycles. The van der Waals surface area contributed by atoms with Crippen molar-refractivity contribution in [1.82, 2.24) is 15.5 Å². The maximum atomic E-state index is 14.0. The topological polar surface area (TPSA) is 78.5 Å². The fourth-order valence-corrected chi connectivity index (χ4v) is 11.0. The second kappa shape index (κ2) is 16.2.